The number of anilines is 2. The molecular weight excluding hydrogens is 477 g/mol. The van der Waals surface area contributed by atoms with Gasteiger partial charge in [-0.25, -0.2) is 9.67 Å². The molecule has 3 heterocycles. The van der Waals surface area contributed by atoms with Crippen LogP contribution < -0.4 is 15.8 Å². The van der Waals surface area contributed by atoms with Gasteiger partial charge in [0.2, 0.25) is 5.91 Å². The van der Waals surface area contributed by atoms with Crippen molar-refractivity contribution in [1.82, 2.24) is 19.3 Å². The molecule has 1 aliphatic heterocycles. The summed E-state index contributed by atoms with van der Waals surface area (Å²) in [7, 11) is 0. The third kappa shape index (κ3) is 4.80. The van der Waals surface area contributed by atoms with Gasteiger partial charge in [0, 0.05) is 24.5 Å². The van der Waals surface area contributed by atoms with Crippen molar-refractivity contribution in [3.8, 4) is 5.69 Å². The number of alkyl halides is 3. The van der Waals surface area contributed by atoms with Crippen molar-refractivity contribution in [3.05, 3.63) is 77.0 Å². The van der Waals surface area contributed by atoms with Crippen LogP contribution in [0.2, 0.25) is 0 Å². The number of morpholine rings is 1. The standard InChI is InChI=1S/C24H21F3N6O3/c25-24(26,27)16-2-1-3-19(12-16)33-22-20(13-29-33)23(35)32(15-28-22)14-21(34)30-17-4-6-18(7-5-17)31-8-10-36-11-9-31/h1-7,12-13,15H,8-11,14H2,(H,30,34). The molecule has 0 spiro atoms. The zero-order valence-corrected chi connectivity index (χ0v) is 18.9. The van der Waals surface area contributed by atoms with Crippen molar-refractivity contribution in [2.24, 2.45) is 0 Å². The van der Waals surface area contributed by atoms with Gasteiger partial charge in [0.1, 0.15) is 18.3 Å². The average Bonchev–Trinajstić information content (AvgIpc) is 3.31. The van der Waals surface area contributed by atoms with Crippen molar-refractivity contribution in [2.45, 2.75) is 12.7 Å². The summed E-state index contributed by atoms with van der Waals surface area (Å²) < 4.78 is 46.9. The number of ether oxygens (including phenoxy) is 1. The molecule has 0 saturated carbocycles. The Kier molecular flexibility index (Phi) is 6.18. The largest absolute Gasteiger partial charge is 0.416 e. The summed E-state index contributed by atoms with van der Waals surface area (Å²) in [6, 6.07) is 11.9. The van der Waals surface area contributed by atoms with Crippen LogP contribution in [0.15, 0.2) is 65.8 Å². The molecule has 1 N–H and O–H groups in total. The summed E-state index contributed by atoms with van der Waals surface area (Å²) in [6.07, 6.45) is -2.11. The van der Waals surface area contributed by atoms with Gasteiger partial charge in [-0.1, -0.05) is 6.07 Å². The molecular formula is C24H21F3N6O3. The minimum absolute atomic E-state index is 0.0811. The van der Waals surface area contributed by atoms with Gasteiger partial charge < -0.3 is 15.0 Å². The van der Waals surface area contributed by atoms with E-state index in [4.69, 9.17) is 4.74 Å². The number of benzene rings is 2. The molecule has 0 aliphatic carbocycles. The van der Waals surface area contributed by atoms with Crippen molar-refractivity contribution in [3.63, 3.8) is 0 Å². The number of nitrogens with one attached hydrogen (secondary N) is 1. The predicted octanol–water partition coefficient (Wildman–Crippen LogP) is 3.08. The highest BCUT2D eigenvalue weighted by atomic mass is 19.4. The van der Waals surface area contributed by atoms with E-state index in [0.29, 0.717) is 18.9 Å². The Hall–Kier alpha value is -4.19. The van der Waals surface area contributed by atoms with Crippen LogP contribution in [-0.4, -0.2) is 51.5 Å². The van der Waals surface area contributed by atoms with Crippen LogP contribution in [0.3, 0.4) is 0 Å². The van der Waals surface area contributed by atoms with E-state index in [1.165, 1.54) is 24.7 Å². The van der Waals surface area contributed by atoms with Crippen LogP contribution in [0.25, 0.3) is 16.7 Å². The van der Waals surface area contributed by atoms with Crippen LogP contribution in [0.5, 0.6) is 0 Å². The lowest BCUT2D eigenvalue weighted by molar-refractivity contribution is -0.137. The fourth-order valence-electron chi connectivity index (χ4n) is 4.00. The smallest absolute Gasteiger partial charge is 0.378 e. The van der Waals surface area contributed by atoms with E-state index < -0.39 is 23.2 Å². The molecule has 0 radical (unpaired) electrons. The second-order valence-corrected chi connectivity index (χ2v) is 8.21. The van der Waals surface area contributed by atoms with E-state index in [1.54, 1.807) is 12.1 Å². The molecule has 1 saturated heterocycles. The van der Waals surface area contributed by atoms with Gasteiger partial charge in [0.15, 0.2) is 5.65 Å². The van der Waals surface area contributed by atoms with E-state index in [1.807, 2.05) is 12.1 Å². The Bertz CT molecular complexity index is 1460. The molecule has 1 fully saturated rings. The van der Waals surface area contributed by atoms with Gasteiger partial charge >= 0.3 is 6.18 Å². The summed E-state index contributed by atoms with van der Waals surface area (Å²) in [4.78, 5) is 31.8. The quantitative estimate of drug-likeness (QED) is 0.455. The summed E-state index contributed by atoms with van der Waals surface area (Å²) in [6.45, 7) is 2.65. The molecule has 0 atom stereocenters. The molecule has 2 aromatic heterocycles. The molecule has 0 bridgehead atoms. The Morgan fingerprint density at radius 2 is 1.81 bits per heavy atom. The number of hydrogen-bond acceptors (Lipinski definition) is 6. The second kappa shape index (κ2) is 9.46. The van der Waals surface area contributed by atoms with Crippen LogP contribution in [0, 0.1) is 0 Å². The monoisotopic (exact) mass is 498 g/mol. The summed E-state index contributed by atoms with van der Waals surface area (Å²) in [5.41, 5.74) is 0.441. The van der Waals surface area contributed by atoms with Gasteiger partial charge in [-0.2, -0.15) is 18.3 Å². The highest BCUT2D eigenvalue weighted by Crippen LogP contribution is 2.30. The predicted molar refractivity (Wildman–Crippen MR) is 126 cm³/mol. The minimum atomic E-state index is -4.52. The maximum absolute atomic E-state index is 13.1. The fourth-order valence-corrected chi connectivity index (χ4v) is 4.00. The number of rotatable bonds is 5. The van der Waals surface area contributed by atoms with Gasteiger partial charge in [-0.05, 0) is 42.5 Å². The first-order valence-electron chi connectivity index (χ1n) is 11.1. The number of halogens is 3. The van der Waals surface area contributed by atoms with Crippen LogP contribution >= 0.6 is 0 Å². The molecule has 186 valence electrons. The highest BCUT2D eigenvalue weighted by Gasteiger charge is 2.30. The van der Waals surface area contributed by atoms with Crippen LogP contribution in [0.4, 0.5) is 24.5 Å². The van der Waals surface area contributed by atoms with E-state index in [9.17, 15) is 22.8 Å². The Balaban J connectivity index is 1.31. The Morgan fingerprint density at radius 3 is 2.53 bits per heavy atom. The van der Waals surface area contributed by atoms with E-state index in [2.05, 4.69) is 20.3 Å². The summed E-state index contributed by atoms with van der Waals surface area (Å²) >= 11 is 0. The summed E-state index contributed by atoms with van der Waals surface area (Å²) in [5, 5.41) is 6.88. The first-order chi connectivity index (χ1) is 17.3. The molecule has 4 aromatic rings. The Morgan fingerprint density at radius 1 is 1.06 bits per heavy atom. The van der Waals surface area contributed by atoms with Crippen molar-refractivity contribution in [2.75, 3.05) is 36.5 Å². The minimum Gasteiger partial charge on any atom is -0.378 e. The fraction of sp³-hybridized carbons (Fsp3) is 0.250. The molecule has 0 unspecified atom stereocenters. The number of nitrogens with zero attached hydrogens (tertiary/aromatic N) is 5. The molecule has 1 amide bonds. The first kappa shape index (κ1) is 23.5. The van der Waals surface area contributed by atoms with E-state index in [-0.39, 0.29) is 23.3 Å². The lowest BCUT2D eigenvalue weighted by atomic mass is 10.2. The van der Waals surface area contributed by atoms with E-state index >= 15 is 0 Å². The first-order valence-corrected chi connectivity index (χ1v) is 11.1. The lowest BCUT2D eigenvalue weighted by Crippen LogP contribution is -2.36. The van der Waals surface area contributed by atoms with Gasteiger partial charge in [0.25, 0.3) is 5.56 Å². The zero-order valence-electron chi connectivity index (χ0n) is 18.9. The third-order valence-corrected chi connectivity index (χ3v) is 5.81. The number of fused-ring (bicyclic) bond motifs is 1. The van der Waals surface area contributed by atoms with Gasteiger partial charge in [-0.3, -0.25) is 14.2 Å². The number of carbonyl (C=O) groups is 1. The molecule has 9 nitrogen and oxygen atoms in total. The van der Waals surface area contributed by atoms with Gasteiger partial charge in [0.05, 0.1) is 30.7 Å². The van der Waals surface area contributed by atoms with E-state index in [0.717, 1.165) is 40.2 Å². The molecule has 2 aromatic carbocycles. The Labute approximate surface area is 202 Å². The summed E-state index contributed by atoms with van der Waals surface area (Å²) in [5.74, 6) is -0.428. The molecule has 5 rings (SSSR count). The second-order valence-electron chi connectivity index (χ2n) is 8.21. The highest BCUT2D eigenvalue weighted by molar-refractivity contribution is 5.91. The number of carbonyl (C=O) groups excluding carboxylic acids is 1. The SMILES string of the molecule is O=C(Cn1cnc2c(cnn2-c2cccc(C(F)(F)F)c2)c1=O)Nc1ccc(N2CCOCC2)cc1. The number of amides is 1. The number of hydrogen-bond donors (Lipinski definition) is 1. The maximum Gasteiger partial charge on any atom is 0.416 e. The van der Waals surface area contributed by atoms with Crippen molar-refractivity contribution < 1.29 is 22.7 Å². The maximum atomic E-state index is 13.1. The topological polar surface area (TPSA) is 94.3 Å². The lowest BCUT2D eigenvalue weighted by Gasteiger charge is -2.28. The third-order valence-electron chi connectivity index (χ3n) is 5.81. The molecule has 36 heavy (non-hydrogen) atoms. The van der Waals surface area contributed by atoms with Gasteiger partial charge in [-0.15, -0.1) is 0 Å². The zero-order chi connectivity index (χ0) is 25.3. The van der Waals surface area contributed by atoms with Crippen LogP contribution in [-0.2, 0) is 22.3 Å². The normalized spacial score (nSPS) is 14.2. The average molecular weight is 498 g/mol. The van der Waals surface area contributed by atoms with Crippen molar-refractivity contribution in [1.29, 1.82) is 0 Å². The number of aromatic nitrogens is 4. The van der Waals surface area contributed by atoms with Crippen LogP contribution in [0.1, 0.15) is 5.56 Å². The van der Waals surface area contributed by atoms with Crippen molar-refractivity contribution >= 4 is 28.3 Å². The molecule has 1 aliphatic rings. The molecule has 12 heteroatoms.